The molecule has 0 aromatic heterocycles. The SMILES string of the molecule is CS(=O)(=O)c1ccc(C2=COC(N=N)C=C2c2ccc(Cl)cc2)cc1. The molecule has 0 bridgehead atoms. The number of nitrogens with zero attached hydrogens (tertiary/aromatic N) is 1. The smallest absolute Gasteiger partial charge is 0.227 e. The van der Waals surface area contributed by atoms with E-state index >= 15 is 0 Å². The summed E-state index contributed by atoms with van der Waals surface area (Å²) in [5, 5.41) is 4.04. The first-order chi connectivity index (χ1) is 11.9. The first-order valence-corrected chi connectivity index (χ1v) is 9.66. The molecule has 0 radical (unpaired) electrons. The molecular formula is C18H15ClN2O3S. The van der Waals surface area contributed by atoms with Crippen LogP contribution in [0.25, 0.3) is 11.1 Å². The molecule has 0 amide bonds. The highest BCUT2D eigenvalue weighted by Crippen LogP contribution is 2.36. The van der Waals surface area contributed by atoms with Gasteiger partial charge in [-0.25, -0.2) is 13.9 Å². The Kier molecular flexibility index (Phi) is 4.74. The van der Waals surface area contributed by atoms with Crippen LogP contribution in [0.15, 0.2) is 70.9 Å². The largest absolute Gasteiger partial charge is 0.470 e. The van der Waals surface area contributed by atoms with Gasteiger partial charge in [0.05, 0.1) is 11.2 Å². The Morgan fingerprint density at radius 1 is 1.00 bits per heavy atom. The normalized spacial score (nSPS) is 17.3. The number of ether oxygens (including phenoxy) is 1. The molecular weight excluding hydrogens is 360 g/mol. The van der Waals surface area contributed by atoms with Crippen molar-refractivity contribution in [3.05, 3.63) is 77.0 Å². The number of hydrogen-bond donors (Lipinski definition) is 1. The van der Waals surface area contributed by atoms with Crippen LogP contribution < -0.4 is 0 Å². The second-order valence-corrected chi connectivity index (χ2v) is 8.02. The highest BCUT2D eigenvalue weighted by atomic mass is 35.5. The van der Waals surface area contributed by atoms with E-state index in [2.05, 4.69) is 5.11 Å². The number of nitrogens with one attached hydrogen (secondary N) is 1. The fraction of sp³-hybridized carbons (Fsp3) is 0.111. The molecule has 1 atom stereocenters. The lowest BCUT2D eigenvalue weighted by Gasteiger charge is -2.21. The maximum absolute atomic E-state index is 11.6. The van der Waals surface area contributed by atoms with Gasteiger partial charge in [-0.05, 0) is 47.0 Å². The van der Waals surface area contributed by atoms with Crippen molar-refractivity contribution in [2.75, 3.05) is 6.26 Å². The van der Waals surface area contributed by atoms with Crippen LogP contribution in [0.1, 0.15) is 11.1 Å². The van der Waals surface area contributed by atoms with E-state index in [9.17, 15) is 8.42 Å². The average Bonchev–Trinajstić information content (AvgIpc) is 2.61. The zero-order valence-corrected chi connectivity index (χ0v) is 14.9. The Balaban J connectivity index is 2.04. The van der Waals surface area contributed by atoms with E-state index in [1.807, 2.05) is 12.1 Å². The van der Waals surface area contributed by atoms with Gasteiger partial charge in [-0.2, -0.15) is 0 Å². The number of allylic oxidation sites excluding steroid dienone is 2. The molecule has 2 aromatic carbocycles. The van der Waals surface area contributed by atoms with Gasteiger partial charge in [0.25, 0.3) is 0 Å². The predicted octanol–water partition coefficient (Wildman–Crippen LogP) is 4.56. The first kappa shape index (κ1) is 17.4. The van der Waals surface area contributed by atoms with Crippen molar-refractivity contribution in [2.24, 2.45) is 5.11 Å². The molecule has 1 aliphatic heterocycles. The Morgan fingerprint density at radius 2 is 1.56 bits per heavy atom. The van der Waals surface area contributed by atoms with Gasteiger partial charge < -0.3 is 4.74 Å². The van der Waals surface area contributed by atoms with E-state index < -0.39 is 16.1 Å². The maximum Gasteiger partial charge on any atom is 0.227 e. The summed E-state index contributed by atoms with van der Waals surface area (Å²) >= 11 is 5.96. The van der Waals surface area contributed by atoms with Crippen molar-refractivity contribution in [3.63, 3.8) is 0 Å². The molecule has 1 unspecified atom stereocenters. The van der Waals surface area contributed by atoms with E-state index in [1.165, 1.54) is 6.26 Å². The Morgan fingerprint density at radius 3 is 2.12 bits per heavy atom. The van der Waals surface area contributed by atoms with Crippen LogP contribution in [0.3, 0.4) is 0 Å². The molecule has 128 valence electrons. The summed E-state index contributed by atoms with van der Waals surface area (Å²) in [7, 11) is -3.25. The molecule has 1 aliphatic rings. The number of halogens is 1. The van der Waals surface area contributed by atoms with Gasteiger partial charge >= 0.3 is 0 Å². The van der Waals surface area contributed by atoms with Crippen LogP contribution in [0.5, 0.6) is 0 Å². The van der Waals surface area contributed by atoms with Crippen molar-refractivity contribution in [3.8, 4) is 0 Å². The minimum absolute atomic E-state index is 0.254. The molecule has 1 heterocycles. The third kappa shape index (κ3) is 3.81. The molecule has 25 heavy (non-hydrogen) atoms. The third-order valence-corrected chi connectivity index (χ3v) is 5.18. The van der Waals surface area contributed by atoms with Gasteiger partial charge in [0.15, 0.2) is 9.84 Å². The number of benzene rings is 2. The Hall–Kier alpha value is -2.44. The molecule has 3 rings (SSSR count). The van der Waals surface area contributed by atoms with Crippen LogP contribution in [0.4, 0.5) is 0 Å². The van der Waals surface area contributed by atoms with Crippen molar-refractivity contribution in [1.82, 2.24) is 0 Å². The van der Waals surface area contributed by atoms with Crippen molar-refractivity contribution >= 4 is 32.6 Å². The van der Waals surface area contributed by atoms with E-state index in [1.54, 1.807) is 48.7 Å². The lowest BCUT2D eigenvalue weighted by atomic mass is 9.92. The van der Waals surface area contributed by atoms with Gasteiger partial charge in [0.1, 0.15) is 0 Å². The van der Waals surface area contributed by atoms with Gasteiger partial charge in [-0.15, -0.1) is 5.11 Å². The molecule has 0 spiro atoms. The quantitative estimate of drug-likeness (QED) is 0.797. The molecule has 0 saturated heterocycles. The van der Waals surface area contributed by atoms with Crippen LogP contribution in [0.2, 0.25) is 5.02 Å². The topological polar surface area (TPSA) is 79.6 Å². The first-order valence-electron chi connectivity index (χ1n) is 7.39. The lowest BCUT2D eigenvalue weighted by molar-refractivity contribution is 0.184. The van der Waals surface area contributed by atoms with E-state index in [0.717, 1.165) is 22.3 Å². The van der Waals surface area contributed by atoms with Gasteiger partial charge in [-0.1, -0.05) is 35.9 Å². The fourth-order valence-electron chi connectivity index (χ4n) is 2.53. The molecule has 2 aromatic rings. The summed E-state index contributed by atoms with van der Waals surface area (Å²) < 4.78 is 28.7. The summed E-state index contributed by atoms with van der Waals surface area (Å²) in [6.45, 7) is 0. The summed E-state index contributed by atoms with van der Waals surface area (Å²) in [6.07, 6.45) is 3.77. The standard InChI is InChI=1S/C18H15ClN2O3S/c1-25(22,23)15-8-4-13(5-9-15)17-11-24-18(21-20)10-16(17)12-2-6-14(19)7-3-12/h2-11,18,20H,1H3. The summed E-state index contributed by atoms with van der Waals surface area (Å²) in [5.41, 5.74) is 10.5. The minimum Gasteiger partial charge on any atom is -0.470 e. The Labute approximate surface area is 151 Å². The predicted molar refractivity (Wildman–Crippen MR) is 97.0 cm³/mol. The molecule has 0 fully saturated rings. The van der Waals surface area contributed by atoms with Crippen LogP contribution in [0, 0.1) is 5.53 Å². The van der Waals surface area contributed by atoms with E-state index in [-0.39, 0.29) is 4.90 Å². The average molecular weight is 375 g/mol. The van der Waals surface area contributed by atoms with Gasteiger partial charge in [-0.3, -0.25) is 0 Å². The highest BCUT2D eigenvalue weighted by Gasteiger charge is 2.19. The molecule has 0 aliphatic carbocycles. The summed E-state index contributed by atoms with van der Waals surface area (Å²) in [6, 6.07) is 13.9. The zero-order chi connectivity index (χ0) is 18.0. The molecule has 1 N–H and O–H groups in total. The van der Waals surface area contributed by atoms with Crippen molar-refractivity contribution < 1.29 is 13.2 Å². The van der Waals surface area contributed by atoms with Crippen molar-refractivity contribution in [1.29, 1.82) is 5.53 Å². The van der Waals surface area contributed by atoms with Crippen LogP contribution in [-0.4, -0.2) is 20.9 Å². The van der Waals surface area contributed by atoms with Crippen LogP contribution in [-0.2, 0) is 14.6 Å². The second-order valence-electron chi connectivity index (χ2n) is 5.57. The minimum atomic E-state index is -3.25. The van der Waals surface area contributed by atoms with E-state index in [4.69, 9.17) is 21.9 Å². The highest BCUT2D eigenvalue weighted by molar-refractivity contribution is 7.90. The summed E-state index contributed by atoms with van der Waals surface area (Å²) in [4.78, 5) is 0.254. The van der Waals surface area contributed by atoms with Crippen LogP contribution >= 0.6 is 11.6 Å². The molecule has 7 heteroatoms. The van der Waals surface area contributed by atoms with Gasteiger partial charge in [0, 0.05) is 16.9 Å². The molecule has 5 nitrogen and oxygen atoms in total. The lowest BCUT2D eigenvalue weighted by Crippen LogP contribution is -2.09. The number of sulfone groups is 1. The number of rotatable bonds is 4. The fourth-order valence-corrected chi connectivity index (χ4v) is 3.28. The van der Waals surface area contributed by atoms with Crippen molar-refractivity contribution in [2.45, 2.75) is 11.1 Å². The summed E-state index contributed by atoms with van der Waals surface area (Å²) in [5.74, 6) is 0. The number of hydrogen-bond acceptors (Lipinski definition) is 5. The van der Waals surface area contributed by atoms with E-state index in [0.29, 0.717) is 5.02 Å². The third-order valence-electron chi connectivity index (χ3n) is 3.80. The monoisotopic (exact) mass is 374 g/mol. The molecule has 0 saturated carbocycles. The van der Waals surface area contributed by atoms with Gasteiger partial charge in [0.2, 0.25) is 6.23 Å². The second kappa shape index (κ2) is 6.82. The Bertz CT molecular complexity index is 962. The zero-order valence-electron chi connectivity index (χ0n) is 13.3. The maximum atomic E-state index is 11.6.